The summed E-state index contributed by atoms with van der Waals surface area (Å²) in [6.45, 7) is 2.52. The van der Waals surface area contributed by atoms with Gasteiger partial charge in [-0.25, -0.2) is 9.97 Å². The van der Waals surface area contributed by atoms with Gasteiger partial charge in [0.05, 0.1) is 10.9 Å². The number of rotatable bonds is 7. The molecule has 0 spiro atoms. The highest BCUT2D eigenvalue weighted by Crippen LogP contribution is 2.37. The maximum atomic E-state index is 6.58. The third kappa shape index (κ3) is 5.48. The monoisotopic (exact) mass is 518 g/mol. The average molecular weight is 519 g/mol. The fourth-order valence-electron chi connectivity index (χ4n) is 4.13. The first-order valence-electron chi connectivity index (χ1n) is 11.5. The van der Waals surface area contributed by atoms with E-state index in [0.29, 0.717) is 12.4 Å². The summed E-state index contributed by atoms with van der Waals surface area (Å²) < 4.78 is 13.7. The second-order valence-electron chi connectivity index (χ2n) is 8.57. The Morgan fingerprint density at radius 1 is 1.00 bits per heavy atom. The Balaban J connectivity index is 1.50. The van der Waals surface area contributed by atoms with Gasteiger partial charge in [-0.05, 0) is 43.7 Å². The molecular formula is C27H27BrN4O2. The predicted molar refractivity (Wildman–Crippen MR) is 139 cm³/mol. The van der Waals surface area contributed by atoms with Gasteiger partial charge in [0, 0.05) is 35.4 Å². The highest BCUT2D eigenvalue weighted by atomic mass is 79.9. The van der Waals surface area contributed by atoms with E-state index in [0.717, 1.165) is 64.1 Å². The van der Waals surface area contributed by atoms with Crippen molar-refractivity contribution < 1.29 is 9.47 Å². The van der Waals surface area contributed by atoms with Gasteiger partial charge in [-0.3, -0.25) is 0 Å². The van der Waals surface area contributed by atoms with Gasteiger partial charge in [0.15, 0.2) is 0 Å². The number of benzene rings is 3. The molecule has 1 aliphatic rings. The van der Waals surface area contributed by atoms with Crippen LogP contribution in [0.2, 0.25) is 0 Å². The molecule has 0 aliphatic carbocycles. The van der Waals surface area contributed by atoms with Crippen molar-refractivity contribution in [3.05, 3.63) is 83.1 Å². The van der Waals surface area contributed by atoms with E-state index < -0.39 is 0 Å². The van der Waals surface area contributed by atoms with Gasteiger partial charge in [0.1, 0.15) is 36.4 Å². The second-order valence-corrected chi connectivity index (χ2v) is 9.48. The maximum Gasteiger partial charge on any atom is 0.145 e. The second kappa shape index (κ2) is 10.4. The molecule has 1 aliphatic heterocycles. The minimum atomic E-state index is 0.141. The van der Waals surface area contributed by atoms with Gasteiger partial charge in [0.2, 0.25) is 0 Å². The van der Waals surface area contributed by atoms with Crippen molar-refractivity contribution in [2.45, 2.75) is 25.6 Å². The van der Waals surface area contributed by atoms with E-state index in [-0.39, 0.29) is 6.10 Å². The van der Waals surface area contributed by atoms with Crippen LogP contribution in [0.15, 0.2) is 77.5 Å². The molecule has 4 aromatic rings. The molecular weight excluding hydrogens is 492 g/mol. The van der Waals surface area contributed by atoms with E-state index in [1.165, 1.54) is 0 Å². The lowest BCUT2D eigenvalue weighted by atomic mass is 10.1. The maximum absolute atomic E-state index is 6.58. The number of hydrogen-bond donors (Lipinski definition) is 1. The summed E-state index contributed by atoms with van der Waals surface area (Å²) >= 11 is 3.54. The van der Waals surface area contributed by atoms with E-state index in [9.17, 15) is 0 Å². The Labute approximate surface area is 208 Å². The first-order chi connectivity index (χ1) is 16.6. The summed E-state index contributed by atoms with van der Waals surface area (Å²) in [6, 6.07) is 22.1. The van der Waals surface area contributed by atoms with Gasteiger partial charge >= 0.3 is 0 Å². The number of ether oxygens (including phenoxy) is 2. The zero-order valence-electron chi connectivity index (χ0n) is 19.1. The molecule has 0 saturated carbocycles. The van der Waals surface area contributed by atoms with E-state index in [2.05, 4.69) is 55.3 Å². The molecule has 3 aromatic carbocycles. The molecule has 2 heterocycles. The Bertz CT molecular complexity index is 1260. The summed E-state index contributed by atoms with van der Waals surface area (Å²) in [7, 11) is 2.15. The number of aromatic nitrogens is 2. The van der Waals surface area contributed by atoms with Gasteiger partial charge < -0.3 is 19.7 Å². The molecule has 0 unspecified atom stereocenters. The van der Waals surface area contributed by atoms with E-state index in [4.69, 9.17) is 9.47 Å². The number of nitrogens with zero attached hydrogens (tertiary/aromatic N) is 3. The summed E-state index contributed by atoms with van der Waals surface area (Å²) in [5.74, 6) is 2.18. The van der Waals surface area contributed by atoms with Crippen LogP contribution in [0.4, 0.5) is 11.5 Å². The minimum Gasteiger partial charge on any atom is -0.489 e. The molecule has 0 bridgehead atoms. The zero-order valence-corrected chi connectivity index (χ0v) is 20.7. The number of fused-ring (bicyclic) bond motifs is 1. The molecule has 34 heavy (non-hydrogen) atoms. The van der Waals surface area contributed by atoms with Crippen molar-refractivity contribution in [2.75, 3.05) is 25.5 Å². The van der Waals surface area contributed by atoms with Gasteiger partial charge in [0.25, 0.3) is 0 Å². The lowest BCUT2D eigenvalue weighted by Gasteiger charge is -2.30. The topological polar surface area (TPSA) is 59.5 Å². The number of likely N-dealkylation sites (tertiary alicyclic amines) is 1. The van der Waals surface area contributed by atoms with Crippen molar-refractivity contribution in [1.29, 1.82) is 0 Å². The van der Waals surface area contributed by atoms with E-state index >= 15 is 0 Å². The summed E-state index contributed by atoms with van der Waals surface area (Å²) in [5, 5.41) is 4.29. The summed E-state index contributed by atoms with van der Waals surface area (Å²) in [4.78, 5) is 11.4. The molecule has 0 radical (unpaired) electrons. The Morgan fingerprint density at radius 3 is 2.62 bits per heavy atom. The third-order valence-corrected chi connectivity index (χ3v) is 6.46. The van der Waals surface area contributed by atoms with Crippen LogP contribution in [-0.2, 0) is 6.61 Å². The Kier molecular flexibility index (Phi) is 6.92. The van der Waals surface area contributed by atoms with Crippen molar-refractivity contribution in [3.63, 3.8) is 0 Å². The lowest BCUT2D eigenvalue weighted by molar-refractivity contribution is 0.115. The smallest absolute Gasteiger partial charge is 0.145 e. The highest BCUT2D eigenvalue weighted by Gasteiger charge is 2.21. The van der Waals surface area contributed by atoms with E-state index in [1.807, 2.05) is 54.6 Å². The van der Waals surface area contributed by atoms with Crippen LogP contribution < -0.4 is 14.8 Å². The SMILES string of the molecule is CN1CCC(Oc2cc(OCc3ccccc3)cc3ncnc(Nc4cccc(Br)c4)c23)CC1. The molecule has 1 fully saturated rings. The van der Waals surface area contributed by atoms with Crippen LogP contribution in [0.1, 0.15) is 18.4 Å². The van der Waals surface area contributed by atoms with Gasteiger partial charge in [-0.2, -0.15) is 0 Å². The van der Waals surface area contributed by atoms with Crippen LogP contribution in [0, 0.1) is 0 Å². The Morgan fingerprint density at radius 2 is 1.82 bits per heavy atom. The average Bonchev–Trinajstić information content (AvgIpc) is 2.85. The third-order valence-electron chi connectivity index (χ3n) is 5.97. The number of piperidine rings is 1. The number of anilines is 2. The predicted octanol–water partition coefficient (Wildman–Crippen LogP) is 6.19. The number of halogens is 1. The van der Waals surface area contributed by atoms with Crippen molar-refractivity contribution in [1.82, 2.24) is 14.9 Å². The molecule has 7 heteroatoms. The van der Waals surface area contributed by atoms with Crippen LogP contribution >= 0.6 is 15.9 Å². The quantitative estimate of drug-likeness (QED) is 0.314. The fraction of sp³-hybridized carbons (Fsp3) is 0.259. The fourth-order valence-corrected chi connectivity index (χ4v) is 4.53. The Hall–Kier alpha value is -3.16. The van der Waals surface area contributed by atoms with Crippen LogP contribution in [0.25, 0.3) is 10.9 Å². The van der Waals surface area contributed by atoms with Crippen LogP contribution in [-0.4, -0.2) is 41.1 Å². The van der Waals surface area contributed by atoms with Crippen LogP contribution in [0.5, 0.6) is 11.5 Å². The van der Waals surface area contributed by atoms with Crippen LogP contribution in [0.3, 0.4) is 0 Å². The first-order valence-corrected chi connectivity index (χ1v) is 12.3. The standard InChI is InChI=1S/C27H27BrN4O2/c1-32-12-10-22(11-13-32)34-25-16-23(33-17-19-6-3-2-4-7-19)15-24-26(25)27(30-18-29-24)31-21-9-5-8-20(28)14-21/h2-9,14-16,18,22H,10-13,17H2,1H3,(H,29,30,31). The molecule has 0 atom stereocenters. The van der Waals surface area contributed by atoms with Gasteiger partial charge in [-0.1, -0.05) is 52.3 Å². The lowest BCUT2D eigenvalue weighted by Crippen LogP contribution is -2.35. The highest BCUT2D eigenvalue weighted by molar-refractivity contribution is 9.10. The zero-order chi connectivity index (χ0) is 23.3. The molecule has 1 N–H and O–H groups in total. The molecule has 5 rings (SSSR count). The number of nitrogens with one attached hydrogen (secondary N) is 1. The normalized spacial score (nSPS) is 14.8. The molecule has 1 saturated heterocycles. The van der Waals surface area contributed by atoms with E-state index in [1.54, 1.807) is 6.33 Å². The van der Waals surface area contributed by atoms with Gasteiger partial charge in [-0.15, -0.1) is 0 Å². The molecule has 0 amide bonds. The van der Waals surface area contributed by atoms with Crippen molar-refractivity contribution >= 4 is 38.3 Å². The largest absolute Gasteiger partial charge is 0.489 e. The molecule has 6 nitrogen and oxygen atoms in total. The summed E-state index contributed by atoms with van der Waals surface area (Å²) in [5.41, 5.74) is 2.82. The molecule has 174 valence electrons. The van der Waals surface area contributed by atoms with Crippen molar-refractivity contribution in [3.8, 4) is 11.5 Å². The summed E-state index contributed by atoms with van der Waals surface area (Å²) in [6.07, 6.45) is 3.68. The number of hydrogen-bond acceptors (Lipinski definition) is 6. The van der Waals surface area contributed by atoms with Crippen molar-refractivity contribution in [2.24, 2.45) is 0 Å². The minimum absolute atomic E-state index is 0.141. The molecule has 1 aromatic heterocycles. The first kappa shape index (κ1) is 22.6.